The van der Waals surface area contributed by atoms with E-state index in [-0.39, 0.29) is 18.0 Å². The molecule has 1 unspecified atom stereocenters. The number of rotatable bonds is 6. The van der Waals surface area contributed by atoms with Gasteiger partial charge in [0.2, 0.25) is 5.91 Å². The molecule has 1 aliphatic rings. The zero-order valence-electron chi connectivity index (χ0n) is 18.1. The molecule has 3 rings (SSSR count). The Balaban J connectivity index is 1.78. The van der Waals surface area contributed by atoms with E-state index in [1.165, 1.54) is 12.1 Å². The van der Waals surface area contributed by atoms with Crippen molar-refractivity contribution in [1.29, 1.82) is 0 Å². The van der Waals surface area contributed by atoms with Gasteiger partial charge in [0, 0.05) is 18.7 Å². The molecule has 1 amide bonds. The van der Waals surface area contributed by atoms with E-state index in [0.717, 1.165) is 16.7 Å². The van der Waals surface area contributed by atoms with E-state index in [1.54, 1.807) is 26.8 Å². The molecule has 0 aromatic heterocycles. The van der Waals surface area contributed by atoms with Crippen molar-refractivity contribution in [3.05, 3.63) is 75.3 Å². The molecule has 7 heteroatoms. The van der Waals surface area contributed by atoms with Gasteiger partial charge in [0.05, 0.1) is 16.8 Å². The zero-order chi connectivity index (χ0) is 22.6. The van der Waals surface area contributed by atoms with E-state index in [1.807, 2.05) is 30.3 Å². The van der Waals surface area contributed by atoms with Gasteiger partial charge in [-0.2, -0.15) is 0 Å². The number of carbonyl (C=O) groups excluding carboxylic acids is 2. The average Bonchev–Trinajstić information content (AvgIpc) is 2.71. The topological polar surface area (TPSA) is 98.5 Å². The normalized spacial score (nSPS) is 18.0. The minimum Gasteiger partial charge on any atom is -0.460 e. The van der Waals surface area contributed by atoms with Crippen LogP contribution in [0.15, 0.2) is 48.5 Å². The van der Waals surface area contributed by atoms with Crippen molar-refractivity contribution in [2.24, 2.45) is 11.8 Å². The number of hydrogen-bond donors (Lipinski definition) is 1. The van der Waals surface area contributed by atoms with Gasteiger partial charge in [-0.1, -0.05) is 36.4 Å². The highest BCUT2D eigenvalue weighted by Crippen LogP contribution is 2.34. The first-order valence-electron chi connectivity index (χ1n) is 10.4. The predicted molar refractivity (Wildman–Crippen MR) is 116 cm³/mol. The molecule has 0 fully saturated rings. The van der Waals surface area contributed by atoms with Crippen molar-refractivity contribution >= 4 is 17.6 Å². The summed E-state index contributed by atoms with van der Waals surface area (Å²) in [6.45, 7) is 5.80. The Morgan fingerprint density at radius 2 is 1.74 bits per heavy atom. The lowest BCUT2D eigenvalue weighted by molar-refractivity contribution is -0.384. The molecule has 1 aliphatic carbocycles. The molecule has 7 nitrogen and oxygen atoms in total. The molecule has 0 spiro atoms. The van der Waals surface area contributed by atoms with Crippen molar-refractivity contribution < 1.29 is 19.2 Å². The highest BCUT2D eigenvalue weighted by molar-refractivity contribution is 5.86. The van der Waals surface area contributed by atoms with Gasteiger partial charge in [-0.3, -0.25) is 19.7 Å². The number of ether oxygens (including phenoxy) is 1. The number of fused-ring (bicyclic) bond motifs is 1. The van der Waals surface area contributed by atoms with Gasteiger partial charge in [-0.05, 0) is 56.7 Å². The fraction of sp³-hybridized carbons (Fsp3) is 0.417. The van der Waals surface area contributed by atoms with Gasteiger partial charge >= 0.3 is 5.97 Å². The van der Waals surface area contributed by atoms with Crippen LogP contribution in [0.3, 0.4) is 0 Å². The second kappa shape index (κ2) is 9.29. The van der Waals surface area contributed by atoms with E-state index in [2.05, 4.69) is 5.32 Å². The van der Waals surface area contributed by atoms with Crippen LogP contribution in [0.5, 0.6) is 0 Å². The van der Waals surface area contributed by atoms with Crippen molar-refractivity contribution in [2.45, 2.75) is 45.6 Å². The predicted octanol–water partition coefficient (Wildman–Crippen LogP) is 3.63. The van der Waals surface area contributed by atoms with Crippen LogP contribution < -0.4 is 5.32 Å². The maximum Gasteiger partial charge on any atom is 0.310 e. The van der Waals surface area contributed by atoms with E-state index >= 15 is 0 Å². The van der Waals surface area contributed by atoms with Gasteiger partial charge in [0.1, 0.15) is 5.60 Å². The number of benzene rings is 2. The summed E-state index contributed by atoms with van der Waals surface area (Å²) in [6, 6.07) is 14.5. The standard InChI is InChI=1S/C24H28N2O5/c1-24(2,3)31-23(28)21-15-18-13-19(26(29)30)10-9-17(18)14-20(21)22(27)25-12-11-16-7-5-4-6-8-16/h4-10,13,20-21H,11-12,14-15H2,1-3H3,(H,25,27)/t20?,21-/m0/s1. The number of amides is 1. The van der Waals surface area contributed by atoms with Crippen LogP contribution in [0, 0.1) is 22.0 Å². The lowest BCUT2D eigenvalue weighted by atomic mass is 9.75. The van der Waals surface area contributed by atoms with Gasteiger partial charge in [0.15, 0.2) is 0 Å². The number of nitrogens with one attached hydrogen (secondary N) is 1. The average molecular weight is 424 g/mol. The smallest absolute Gasteiger partial charge is 0.310 e. The van der Waals surface area contributed by atoms with E-state index in [4.69, 9.17) is 4.74 Å². The summed E-state index contributed by atoms with van der Waals surface area (Å²) in [6.07, 6.45) is 1.27. The molecule has 31 heavy (non-hydrogen) atoms. The van der Waals surface area contributed by atoms with Gasteiger partial charge in [-0.15, -0.1) is 0 Å². The molecular weight excluding hydrogens is 396 g/mol. The minimum atomic E-state index is -0.689. The Labute approximate surface area is 182 Å². The molecule has 0 radical (unpaired) electrons. The molecule has 0 saturated heterocycles. The van der Waals surface area contributed by atoms with Gasteiger partial charge < -0.3 is 10.1 Å². The number of nitro groups is 1. The van der Waals surface area contributed by atoms with E-state index in [9.17, 15) is 19.7 Å². The first kappa shape index (κ1) is 22.5. The molecule has 2 atom stereocenters. The summed E-state index contributed by atoms with van der Waals surface area (Å²) in [5, 5.41) is 14.1. The molecule has 1 N–H and O–H groups in total. The lowest BCUT2D eigenvalue weighted by Crippen LogP contribution is -2.44. The summed E-state index contributed by atoms with van der Waals surface area (Å²) >= 11 is 0. The number of esters is 1. The largest absolute Gasteiger partial charge is 0.460 e. The summed E-state index contributed by atoms with van der Waals surface area (Å²) in [5.41, 5.74) is 1.99. The number of nitrogens with zero attached hydrogens (tertiary/aromatic N) is 1. The highest BCUT2D eigenvalue weighted by atomic mass is 16.6. The van der Waals surface area contributed by atoms with Crippen LogP contribution in [0.4, 0.5) is 5.69 Å². The third kappa shape index (κ3) is 5.90. The maximum absolute atomic E-state index is 13.0. The molecule has 2 aromatic rings. The van der Waals surface area contributed by atoms with Crippen molar-refractivity contribution in [1.82, 2.24) is 5.32 Å². The number of nitro benzene ring substituents is 1. The van der Waals surface area contributed by atoms with E-state index < -0.39 is 28.3 Å². The van der Waals surface area contributed by atoms with Crippen LogP contribution in [-0.4, -0.2) is 28.9 Å². The minimum absolute atomic E-state index is 0.0209. The summed E-state index contributed by atoms with van der Waals surface area (Å²) in [7, 11) is 0. The van der Waals surface area contributed by atoms with Crippen LogP contribution >= 0.6 is 0 Å². The van der Waals surface area contributed by atoms with Crippen molar-refractivity contribution in [3.63, 3.8) is 0 Å². The lowest BCUT2D eigenvalue weighted by Gasteiger charge is -2.32. The summed E-state index contributed by atoms with van der Waals surface area (Å²) in [4.78, 5) is 36.6. The summed E-state index contributed by atoms with van der Waals surface area (Å²) < 4.78 is 5.57. The summed E-state index contributed by atoms with van der Waals surface area (Å²) in [5.74, 6) is -1.92. The SMILES string of the molecule is CC(C)(C)OC(=O)[C@H]1Cc2cc([N+](=O)[O-])ccc2CC1C(=O)NCCc1ccccc1. The molecular formula is C24H28N2O5. The Bertz CT molecular complexity index is 966. The van der Waals surface area contributed by atoms with Crippen LogP contribution in [0.1, 0.15) is 37.5 Å². The van der Waals surface area contributed by atoms with Crippen molar-refractivity contribution in [2.75, 3.05) is 6.54 Å². The zero-order valence-corrected chi connectivity index (χ0v) is 18.1. The fourth-order valence-electron chi connectivity index (χ4n) is 3.88. The third-order valence-electron chi connectivity index (χ3n) is 5.37. The molecule has 0 saturated carbocycles. The first-order chi connectivity index (χ1) is 14.6. The second-order valence-electron chi connectivity index (χ2n) is 8.89. The second-order valence-corrected chi connectivity index (χ2v) is 8.89. The maximum atomic E-state index is 13.0. The first-order valence-corrected chi connectivity index (χ1v) is 10.4. The molecule has 0 heterocycles. The Morgan fingerprint density at radius 1 is 1.06 bits per heavy atom. The van der Waals surface area contributed by atoms with Crippen LogP contribution in [0.2, 0.25) is 0 Å². The number of hydrogen-bond acceptors (Lipinski definition) is 5. The van der Waals surface area contributed by atoms with Crippen molar-refractivity contribution in [3.8, 4) is 0 Å². The van der Waals surface area contributed by atoms with Gasteiger partial charge in [0.25, 0.3) is 5.69 Å². The van der Waals surface area contributed by atoms with E-state index in [0.29, 0.717) is 19.4 Å². The Kier molecular flexibility index (Phi) is 6.73. The monoisotopic (exact) mass is 424 g/mol. The molecule has 164 valence electrons. The number of carbonyl (C=O) groups is 2. The number of non-ortho nitro benzene ring substituents is 1. The Morgan fingerprint density at radius 3 is 2.39 bits per heavy atom. The Hall–Kier alpha value is -3.22. The molecule has 0 bridgehead atoms. The molecule has 0 aliphatic heterocycles. The van der Waals surface area contributed by atoms with Crippen LogP contribution in [0.25, 0.3) is 0 Å². The quantitative estimate of drug-likeness (QED) is 0.434. The highest BCUT2D eigenvalue weighted by Gasteiger charge is 2.40. The van der Waals surface area contributed by atoms with Gasteiger partial charge in [-0.25, -0.2) is 0 Å². The fourth-order valence-corrected chi connectivity index (χ4v) is 3.88. The molecule has 2 aromatic carbocycles. The third-order valence-corrected chi connectivity index (χ3v) is 5.37. The van der Waals surface area contributed by atoms with Crippen LogP contribution in [-0.2, 0) is 33.6 Å².